The molecule has 2 rings (SSSR count). The van der Waals surface area contributed by atoms with E-state index < -0.39 is 12.2 Å². The second-order valence-corrected chi connectivity index (χ2v) is 4.95. The summed E-state index contributed by atoms with van der Waals surface area (Å²) in [6, 6.07) is 9.55. The molecule has 0 heterocycles. The minimum absolute atomic E-state index is 0.263. The van der Waals surface area contributed by atoms with Gasteiger partial charge >= 0.3 is 0 Å². The van der Waals surface area contributed by atoms with Crippen molar-refractivity contribution in [3.05, 3.63) is 35.9 Å². The van der Waals surface area contributed by atoms with Gasteiger partial charge in [0, 0.05) is 12.0 Å². The largest absolute Gasteiger partial charge is 0.393 e. The van der Waals surface area contributed by atoms with Gasteiger partial charge in [0.05, 0.1) is 25.4 Å². The van der Waals surface area contributed by atoms with Crippen molar-refractivity contribution < 1.29 is 14.9 Å². The zero-order chi connectivity index (χ0) is 13.0. The van der Waals surface area contributed by atoms with Gasteiger partial charge in [-0.25, -0.2) is 0 Å². The maximum absolute atomic E-state index is 9.75. The molecule has 1 aromatic carbocycles. The number of aliphatic hydroxyl groups is 2. The summed E-state index contributed by atoms with van der Waals surface area (Å²) in [5.74, 6) is -0.263. The molecule has 0 spiro atoms. The van der Waals surface area contributed by atoms with Crippen molar-refractivity contribution in [2.24, 2.45) is 11.7 Å². The van der Waals surface area contributed by atoms with E-state index in [1.165, 1.54) is 0 Å². The fourth-order valence-corrected chi connectivity index (χ4v) is 2.55. The normalized spacial score (nSPS) is 26.4. The summed E-state index contributed by atoms with van der Waals surface area (Å²) < 4.78 is 5.54. The predicted octanol–water partition coefficient (Wildman–Crippen LogP) is 0.662. The molecule has 1 fully saturated rings. The first-order chi connectivity index (χ1) is 8.68. The first-order valence-corrected chi connectivity index (χ1v) is 6.42. The van der Waals surface area contributed by atoms with E-state index in [9.17, 15) is 10.2 Å². The molecule has 0 saturated heterocycles. The quantitative estimate of drug-likeness (QED) is 0.718. The number of ether oxygens (including phenoxy) is 1. The monoisotopic (exact) mass is 251 g/mol. The fraction of sp³-hybridized carbons (Fsp3) is 0.571. The number of rotatable bonds is 5. The smallest absolute Gasteiger partial charge is 0.0717 e. The van der Waals surface area contributed by atoms with Crippen molar-refractivity contribution in [1.29, 1.82) is 0 Å². The molecule has 0 bridgehead atoms. The Hall–Kier alpha value is -0.940. The lowest BCUT2D eigenvalue weighted by atomic mass is 9.95. The zero-order valence-corrected chi connectivity index (χ0v) is 10.4. The third kappa shape index (κ3) is 3.29. The molecule has 1 saturated carbocycles. The van der Waals surface area contributed by atoms with Crippen LogP contribution in [0.25, 0.3) is 0 Å². The van der Waals surface area contributed by atoms with Crippen LogP contribution in [0.2, 0.25) is 0 Å². The molecule has 100 valence electrons. The van der Waals surface area contributed by atoms with E-state index in [-0.39, 0.29) is 12.0 Å². The van der Waals surface area contributed by atoms with Gasteiger partial charge in [-0.2, -0.15) is 0 Å². The molecule has 18 heavy (non-hydrogen) atoms. The molecule has 3 atom stereocenters. The second-order valence-electron chi connectivity index (χ2n) is 4.95. The molecule has 0 aliphatic heterocycles. The molecular formula is C14H21NO3. The summed E-state index contributed by atoms with van der Waals surface area (Å²) in [7, 11) is 0. The molecule has 4 nitrogen and oxygen atoms in total. The van der Waals surface area contributed by atoms with Gasteiger partial charge in [-0.3, -0.25) is 0 Å². The van der Waals surface area contributed by atoms with Gasteiger partial charge in [-0.05, 0) is 18.4 Å². The Balaban J connectivity index is 1.76. The Kier molecular flexibility index (Phi) is 4.72. The van der Waals surface area contributed by atoms with Crippen molar-refractivity contribution >= 4 is 0 Å². The summed E-state index contributed by atoms with van der Waals surface area (Å²) in [5, 5.41) is 19.5. The number of nitrogens with two attached hydrogens (primary N) is 1. The molecule has 4 N–H and O–H groups in total. The van der Waals surface area contributed by atoms with E-state index >= 15 is 0 Å². The summed E-state index contributed by atoms with van der Waals surface area (Å²) in [4.78, 5) is 0. The first kappa shape index (κ1) is 13.5. The minimum Gasteiger partial charge on any atom is -0.393 e. The SMILES string of the molecule is N[C@H](COCc1ccccc1)C1[C@@H](O)CC[C@@H]1O. The van der Waals surface area contributed by atoms with E-state index in [1.54, 1.807) is 0 Å². The van der Waals surface area contributed by atoms with Crippen molar-refractivity contribution in [3.63, 3.8) is 0 Å². The van der Waals surface area contributed by atoms with E-state index in [0.29, 0.717) is 26.1 Å². The lowest BCUT2D eigenvalue weighted by Crippen LogP contribution is -2.43. The maximum Gasteiger partial charge on any atom is 0.0717 e. The molecule has 1 aliphatic rings. The fourth-order valence-electron chi connectivity index (χ4n) is 2.55. The van der Waals surface area contributed by atoms with Gasteiger partial charge in [-0.1, -0.05) is 30.3 Å². The average Bonchev–Trinajstić information content (AvgIpc) is 2.70. The van der Waals surface area contributed by atoms with Crippen LogP contribution in [0.15, 0.2) is 30.3 Å². The average molecular weight is 251 g/mol. The first-order valence-electron chi connectivity index (χ1n) is 6.42. The summed E-state index contributed by atoms with van der Waals surface area (Å²) in [5.41, 5.74) is 7.07. The molecule has 4 heteroatoms. The van der Waals surface area contributed by atoms with Gasteiger partial charge in [0.1, 0.15) is 0 Å². The minimum atomic E-state index is -0.504. The number of aliphatic hydroxyl groups excluding tert-OH is 2. The van der Waals surface area contributed by atoms with Crippen molar-refractivity contribution in [2.45, 2.75) is 37.7 Å². The number of benzene rings is 1. The Bertz CT molecular complexity index is 347. The highest BCUT2D eigenvalue weighted by atomic mass is 16.5. The van der Waals surface area contributed by atoms with Gasteiger partial charge in [0.2, 0.25) is 0 Å². The molecule has 1 aliphatic carbocycles. The summed E-state index contributed by atoms with van der Waals surface area (Å²) in [6.45, 7) is 0.862. The number of hydrogen-bond donors (Lipinski definition) is 3. The van der Waals surface area contributed by atoms with Crippen molar-refractivity contribution in [2.75, 3.05) is 6.61 Å². The Morgan fingerprint density at radius 3 is 2.39 bits per heavy atom. The van der Waals surface area contributed by atoms with Crippen LogP contribution in [0.3, 0.4) is 0 Å². The van der Waals surface area contributed by atoms with Gasteiger partial charge in [0.15, 0.2) is 0 Å². The summed E-state index contributed by atoms with van der Waals surface area (Å²) in [6.07, 6.45) is 0.238. The third-order valence-corrected chi connectivity index (χ3v) is 3.56. The van der Waals surface area contributed by atoms with Crippen LogP contribution >= 0.6 is 0 Å². The standard InChI is InChI=1S/C14H21NO3/c15-11(14-12(16)6-7-13(14)17)9-18-8-10-4-2-1-3-5-10/h1-5,11-14,16-17H,6-9,15H2/t11-,12+,13+/m1/s1. The van der Waals surface area contributed by atoms with E-state index in [0.717, 1.165) is 5.56 Å². The lowest BCUT2D eigenvalue weighted by Gasteiger charge is -2.25. The molecule has 0 unspecified atom stereocenters. The van der Waals surface area contributed by atoms with Gasteiger partial charge < -0.3 is 20.7 Å². The Morgan fingerprint density at radius 2 is 1.78 bits per heavy atom. The Labute approximate surface area is 107 Å². The van der Waals surface area contributed by atoms with E-state index in [2.05, 4.69) is 0 Å². The van der Waals surface area contributed by atoms with Crippen molar-refractivity contribution in [3.8, 4) is 0 Å². The lowest BCUT2D eigenvalue weighted by molar-refractivity contribution is 0.0160. The molecule has 0 radical (unpaired) electrons. The van der Waals surface area contributed by atoms with E-state index in [1.807, 2.05) is 30.3 Å². The van der Waals surface area contributed by atoms with Gasteiger partial charge in [-0.15, -0.1) is 0 Å². The highest BCUT2D eigenvalue weighted by Gasteiger charge is 2.37. The number of hydrogen-bond acceptors (Lipinski definition) is 4. The van der Waals surface area contributed by atoms with Crippen LogP contribution in [-0.2, 0) is 11.3 Å². The highest BCUT2D eigenvalue weighted by molar-refractivity contribution is 5.13. The highest BCUT2D eigenvalue weighted by Crippen LogP contribution is 2.28. The maximum atomic E-state index is 9.75. The predicted molar refractivity (Wildman–Crippen MR) is 68.8 cm³/mol. The molecule has 0 amide bonds. The van der Waals surface area contributed by atoms with Crippen LogP contribution < -0.4 is 5.73 Å². The third-order valence-electron chi connectivity index (χ3n) is 3.56. The summed E-state index contributed by atoms with van der Waals surface area (Å²) >= 11 is 0. The Morgan fingerprint density at radius 1 is 1.17 bits per heavy atom. The van der Waals surface area contributed by atoms with Crippen LogP contribution in [0.4, 0.5) is 0 Å². The molecular weight excluding hydrogens is 230 g/mol. The zero-order valence-electron chi connectivity index (χ0n) is 10.4. The second kappa shape index (κ2) is 6.29. The van der Waals surface area contributed by atoms with Crippen molar-refractivity contribution in [1.82, 2.24) is 0 Å². The molecule has 0 aromatic heterocycles. The van der Waals surface area contributed by atoms with Crippen LogP contribution in [0.5, 0.6) is 0 Å². The van der Waals surface area contributed by atoms with Gasteiger partial charge in [0.25, 0.3) is 0 Å². The van der Waals surface area contributed by atoms with Crippen LogP contribution in [0.1, 0.15) is 18.4 Å². The topological polar surface area (TPSA) is 75.7 Å². The molecule has 1 aromatic rings. The van der Waals surface area contributed by atoms with Crippen LogP contribution in [0, 0.1) is 5.92 Å². The van der Waals surface area contributed by atoms with Crippen LogP contribution in [-0.4, -0.2) is 35.1 Å². The van der Waals surface area contributed by atoms with E-state index in [4.69, 9.17) is 10.5 Å².